The van der Waals surface area contributed by atoms with Crippen molar-refractivity contribution in [1.82, 2.24) is 10.9 Å². The van der Waals surface area contributed by atoms with E-state index < -0.39 is 21.7 Å². The normalized spacial score (nSPS) is 11.6. The molecular formula is C20H20N6O6. The molecule has 2 rings (SSSR count). The average molecular weight is 440 g/mol. The van der Waals surface area contributed by atoms with Crippen molar-refractivity contribution in [2.45, 2.75) is 26.7 Å². The highest BCUT2D eigenvalue weighted by Crippen LogP contribution is 2.13. The van der Waals surface area contributed by atoms with Gasteiger partial charge in [-0.1, -0.05) is 24.3 Å². The van der Waals surface area contributed by atoms with Gasteiger partial charge in [0, 0.05) is 24.3 Å². The fraction of sp³-hybridized carbons (Fsp3) is 0.200. The molecule has 0 aliphatic rings. The summed E-state index contributed by atoms with van der Waals surface area (Å²) in [4.78, 5) is 44.2. The Labute approximate surface area is 182 Å². The van der Waals surface area contributed by atoms with Crippen LogP contribution in [-0.4, -0.2) is 33.1 Å². The Bertz CT molecular complexity index is 989. The maximum absolute atomic E-state index is 12.0. The van der Waals surface area contributed by atoms with E-state index in [1.807, 2.05) is 0 Å². The summed E-state index contributed by atoms with van der Waals surface area (Å²) in [6.45, 7) is 3.18. The van der Waals surface area contributed by atoms with Gasteiger partial charge in [0.15, 0.2) is 0 Å². The number of carbonyl (C=O) groups is 2. The third kappa shape index (κ3) is 7.40. The molecule has 0 aliphatic heterocycles. The Morgan fingerprint density at radius 3 is 1.31 bits per heavy atom. The highest BCUT2D eigenvalue weighted by molar-refractivity contribution is 6.40. The standard InChI is InChI=1S/C20H20N6O6/c1-13(21-23-19(27)11-15-3-7-17(8-4-15)25(29)30)14(2)22-24-20(28)12-16-5-9-18(10-6-16)26(31)32/h3-10H,11-12H2,1-2H3,(H,23,27)(H,24,28)/b21-13+,22-14+. The molecule has 0 fully saturated rings. The summed E-state index contributed by atoms with van der Waals surface area (Å²) >= 11 is 0. The van der Waals surface area contributed by atoms with Crippen LogP contribution >= 0.6 is 0 Å². The quantitative estimate of drug-likeness (QED) is 0.344. The SMILES string of the molecule is CC(=N\NC(=O)Cc1ccc([N+](=O)[O-])cc1)/C(C)=N/NC(=O)Cc1ccc([N+](=O)[O-])cc1. The zero-order valence-electron chi connectivity index (χ0n) is 17.3. The van der Waals surface area contributed by atoms with Gasteiger partial charge in [0.05, 0.1) is 34.1 Å². The lowest BCUT2D eigenvalue weighted by atomic mass is 10.1. The minimum Gasteiger partial charge on any atom is -0.273 e. The molecule has 2 aromatic rings. The molecule has 0 aromatic heterocycles. The number of carbonyl (C=O) groups excluding carboxylic acids is 2. The minimum atomic E-state index is -0.523. The molecule has 0 atom stereocenters. The Hall–Kier alpha value is -4.48. The molecule has 32 heavy (non-hydrogen) atoms. The third-order valence-corrected chi connectivity index (χ3v) is 4.24. The molecule has 2 amide bonds. The van der Waals surface area contributed by atoms with Crippen LogP contribution in [0, 0.1) is 20.2 Å². The van der Waals surface area contributed by atoms with Gasteiger partial charge in [-0.05, 0) is 25.0 Å². The Kier molecular flexibility index (Phi) is 8.22. The van der Waals surface area contributed by atoms with Crippen molar-refractivity contribution in [1.29, 1.82) is 0 Å². The molecule has 0 spiro atoms. The maximum atomic E-state index is 12.0. The molecule has 0 aliphatic carbocycles. The van der Waals surface area contributed by atoms with Crippen LogP contribution < -0.4 is 10.9 Å². The lowest BCUT2D eigenvalue weighted by molar-refractivity contribution is -0.385. The van der Waals surface area contributed by atoms with Crippen LogP contribution in [0.1, 0.15) is 25.0 Å². The van der Waals surface area contributed by atoms with Crippen LogP contribution in [0.4, 0.5) is 11.4 Å². The first kappa shape index (κ1) is 23.8. The zero-order chi connectivity index (χ0) is 23.7. The van der Waals surface area contributed by atoms with Crippen molar-refractivity contribution in [2.75, 3.05) is 0 Å². The van der Waals surface area contributed by atoms with E-state index in [2.05, 4.69) is 21.1 Å². The number of nitrogens with one attached hydrogen (secondary N) is 2. The van der Waals surface area contributed by atoms with Gasteiger partial charge in [0.25, 0.3) is 11.4 Å². The molecule has 0 saturated carbocycles. The van der Waals surface area contributed by atoms with Crippen LogP contribution in [0.25, 0.3) is 0 Å². The maximum Gasteiger partial charge on any atom is 0.269 e. The molecule has 12 nitrogen and oxygen atoms in total. The second-order valence-electron chi connectivity index (χ2n) is 6.67. The van der Waals surface area contributed by atoms with Gasteiger partial charge < -0.3 is 0 Å². The summed E-state index contributed by atoms with van der Waals surface area (Å²) in [5, 5.41) is 29.1. The highest BCUT2D eigenvalue weighted by atomic mass is 16.6. The van der Waals surface area contributed by atoms with E-state index in [9.17, 15) is 29.8 Å². The summed E-state index contributed by atoms with van der Waals surface area (Å²) in [5.41, 5.74) is 6.48. The molecule has 0 radical (unpaired) electrons. The lowest BCUT2D eigenvalue weighted by Crippen LogP contribution is -2.25. The van der Waals surface area contributed by atoms with E-state index in [4.69, 9.17) is 0 Å². The van der Waals surface area contributed by atoms with Crippen molar-refractivity contribution in [2.24, 2.45) is 10.2 Å². The first-order valence-corrected chi connectivity index (χ1v) is 9.29. The lowest BCUT2D eigenvalue weighted by Gasteiger charge is -2.04. The smallest absolute Gasteiger partial charge is 0.269 e. The van der Waals surface area contributed by atoms with Crippen molar-refractivity contribution >= 4 is 34.6 Å². The van der Waals surface area contributed by atoms with Crippen LogP contribution in [0.5, 0.6) is 0 Å². The molecule has 2 N–H and O–H groups in total. The Balaban J connectivity index is 1.84. The number of nitro benzene ring substituents is 2. The van der Waals surface area contributed by atoms with Crippen LogP contribution in [-0.2, 0) is 22.4 Å². The van der Waals surface area contributed by atoms with E-state index in [0.29, 0.717) is 22.6 Å². The molecule has 0 saturated heterocycles. The molecular weight excluding hydrogens is 420 g/mol. The fourth-order valence-electron chi connectivity index (χ4n) is 2.38. The number of nitro groups is 2. The van der Waals surface area contributed by atoms with Crippen LogP contribution in [0.2, 0.25) is 0 Å². The number of hydrogen-bond donors (Lipinski definition) is 2. The van der Waals surface area contributed by atoms with Gasteiger partial charge in [-0.2, -0.15) is 10.2 Å². The molecule has 166 valence electrons. The summed E-state index contributed by atoms with van der Waals surface area (Å²) in [6.07, 6.45) is -0.0339. The van der Waals surface area contributed by atoms with Crippen molar-refractivity contribution in [3.05, 3.63) is 79.9 Å². The van der Waals surface area contributed by atoms with Crippen LogP contribution in [0.3, 0.4) is 0 Å². The minimum absolute atomic E-state index is 0.0169. The van der Waals surface area contributed by atoms with Gasteiger partial charge in [-0.15, -0.1) is 0 Å². The number of amides is 2. The molecule has 0 heterocycles. The summed E-state index contributed by atoms with van der Waals surface area (Å²) < 4.78 is 0. The van der Waals surface area contributed by atoms with E-state index in [1.165, 1.54) is 48.5 Å². The fourth-order valence-corrected chi connectivity index (χ4v) is 2.38. The van der Waals surface area contributed by atoms with E-state index in [1.54, 1.807) is 13.8 Å². The molecule has 12 heteroatoms. The van der Waals surface area contributed by atoms with E-state index >= 15 is 0 Å². The predicted octanol–water partition coefficient (Wildman–Crippen LogP) is 2.27. The summed E-state index contributed by atoms with van der Waals surface area (Å²) in [6, 6.07) is 11.2. The highest BCUT2D eigenvalue weighted by Gasteiger charge is 2.09. The van der Waals surface area contributed by atoms with E-state index in [-0.39, 0.29) is 24.2 Å². The van der Waals surface area contributed by atoms with Gasteiger partial charge in [0.2, 0.25) is 11.8 Å². The summed E-state index contributed by atoms with van der Waals surface area (Å²) in [7, 11) is 0. The first-order valence-electron chi connectivity index (χ1n) is 9.29. The number of non-ortho nitro benzene ring substituents is 2. The Morgan fingerprint density at radius 1 is 0.719 bits per heavy atom. The third-order valence-electron chi connectivity index (χ3n) is 4.24. The number of benzene rings is 2. The van der Waals surface area contributed by atoms with Gasteiger partial charge in [0.1, 0.15) is 0 Å². The van der Waals surface area contributed by atoms with Crippen molar-refractivity contribution in [3.8, 4) is 0 Å². The second kappa shape index (κ2) is 11.1. The van der Waals surface area contributed by atoms with Gasteiger partial charge in [-0.25, -0.2) is 10.9 Å². The van der Waals surface area contributed by atoms with Crippen LogP contribution in [0.15, 0.2) is 58.7 Å². The number of hydrazone groups is 2. The Morgan fingerprint density at radius 2 is 1.03 bits per heavy atom. The number of hydrogen-bond acceptors (Lipinski definition) is 8. The van der Waals surface area contributed by atoms with Gasteiger partial charge in [-0.3, -0.25) is 29.8 Å². The van der Waals surface area contributed by atoms with Crippen molar-refractivity contribution < 1.29 is 19.4 Å². The topological polar surface area (TPSA) is 169 Å². The van der Waals surface area contributed by atoms with Crippen molar-refractivity contribution in [3.63, 3.8) is 0 Å². The first-order chi connectivity index (χ1) is 15.2. The van der Waals surface area contributed by atoms with Gasteiger partial charge >= 0.3 is 0 Å². The molecule has 2 aromatic carbocycles. The number of nitrogens with zero attached hydrogens (tertiary/aromatic N) is 4. The number of rotatable bonds is 9. The predicted molar refractivity (Wildman–Crippen MR) is 116 cm³/mol. The zero-order valence-corrected chi connectivity index (χ0v) is 17.3. The summed E-state index contributed by atoms with van der Waals surface area (Å²) in [5.74, 6) is -0.846. The average Bonchev–Trinajstić information content (AvgIpc) is 2.76. The largest absolute Gasteiger partial charge is 0.273 e. The molecule has 0 bridgehead atoms. The van der Waals surface area contributed by atoms with E-state index in [0.717, 1.165) is 0 Å². The molecule has 0 unspecified atom stereocenters. The second-order valence-corrected chi connectivity index (χ2v) is 6.67. The monoisotopic (exact) mass is 440 g/mol.